The highest BCUT2D eigenvalue weighted by Gasteiger charge is 2.52. The molecule has 0 saturated carbocycles. The lowest BCUT2D eigenvalue weighted by Gasteiger charge is -2.20. The average molecular weight is 262 g/mol. The summed E-state index contributed by atoms with van der Waals surface area (Å²) < 4.78 is 61.1. The van der Waals surface area contributed by atoms with Crippen LogP contribution in [0.4, 0.5) is 22.0 Å². The first-order valence-electron chi connectivity index (χ1n) is 4.26. The molecule has 0 spiro atoms. The lowest BCUT2D eigenvalue weighted by atomic mass is 10.2. The maximum Gasteiger partial charge on any atom is 0.492 e. The molecular weight excluding hydrogens is 255 g/mol. The Hall–Kier alpha value is -1.45. The van der Waals surface area contributed by atoms with Crippen LogP contribution in [0.3, 0.4) is 0 Å². The van der Waals surface area contributed by atoms with Crippen molar-refractivity contribution in [2.24, 2.45) is 5.73 Å². The van der Waals surface area contributed by atoms with Crippen LogP contribution >= 0.6 is 0 Å². The van der Waals surface area contributed by atoms with Gasteiger partial charge in [0.05, 0.1) is 6.54 Å². The minimum Gasteiger partial charge on any atom is -0.368 e. The predicted octanol–water partition coefficient (Wildman–Crippen LogP) is 0.202. The number of alkyl halides is 5. The number of halogens is 5. The van der Waals surface area contributed by atoms with Crippen LogP contribution in [-0.4, -0.2) is 41.6 Å². The Labute approximate surface area is 91.2 Å². The zero-order chi connectivity index (χ0) is 13.4. The first kappa shape index (κ1) is 13.6. The number of nitrogens with two attached hydrogens (primary N) is 1. The van der Waals surface area contributed by atoms with E-state index < -0.39 is 43.0 Å². The van der Waals surface area contributed by atoms with Gasteiger partial charge < -0.3 is 10.6 Å². The van der Waals surface area contributed by atoms with Crippen molar-refractivity contribution in [1.29, 1.82) is 0 Å². The van der Waals surface area contributed by atoms with E-state index in [2.05, 4.69) is 4.84 Å². The molecule has 2 N–H and O–H groups in total. The van der Waals surface area contributed by atoms with Gasteiger partial charge >= 0.3 is 12.1 Å². The second-order valence-corrected chi connectivity index (χ2v) is 3.43. The molecule has 1 aliphatic rings. The van der Waals surface area contributed by atoms with E-state index in [1.165, 1.54) is 0 Å². The molecule has 0 aromatic heterocycles. The number of hydroxylamine groups is 2. The zero-order valence-corrected chi connectivity index (χ0v) is 8.13. The van der Waals surface area contributed by atoms with Crippen LogP contribution in [0.1, 0.15) is 6.42 Å². The predicted molar refractivity (Wildman–Crippen MR) is 41.4 cm³/mol. The second kappa shape index (κ2) is 4.09. The Bertz CT molecular complexity index is 343. The Balaban J connectivity index is 2.76. The molecule has 1 saturated heterocycles. The molecule has 98 valence electrons. The Morgan fingerprint density at radius 1 is 1.35 bits per heavy atom. The molecule has 17 heavy (non-hydrogen) atoms. The van der Waals surface area contributed by atoms with Gasteiger partial charge in [-0.3, -0.25) is 4.79 Å². The summed E-state index contributed by atoms with van der Waals surface area (Å²) in [5.74, 6) is -7.41. The minimum absolute atomic E-state index is 0.0435. The van der Waals surface area contributed by atoms with Crippen molar-refractivity contribution in [3.63, 3.8) is 0 Å². The van der Waals surface area contributed by atoms with Gasteiger partial charge in [0.2, 0.25) is 5.91 Å². The first-order chi connectivity index (χ1) is 7.53. The molecule has 1 heterocycles. The topological polar surface area (TPSA) is 72.6 Å². The number of nitrogens with zero attached hydrogens (tertiary/aromatic N) is 1. The van der Waals surface area contributed by atoms with Gasteiger partial charge in [0.1, 0.15) is 6.04 Å². The molecule has 0 bridgehead atoms. The van der Waals surface area contributed by atoms with Crippen molar-refractivity contribution >= 4 is 11.9 Å². The van der Waals surface area contributed by atoms with Gasteiger partial charge in [-0.05, 0) is 0 Å². The van der Waals surface area contributed by atoms with Crippen LogP contribution < -0.4 is 5.73 Å². The van der Waals surface area contributed by atoms with Gasteiger partial charge in [-0.25, -0.2) is 13.6 Å². The number of rotatable bonds is 2. The van der Waals surface area contributed by atoms with Crippen LogP contribution in [0, 0.1) is 0 Å². The van der Waals surface area contributed by atoms with E-state index in [-0.39, 0.29) is 5.06 Å². The van der Waals surface area contributed by atoms with Crippen molar-refractivity contribution in [2.75, 3.05) is 6.54 Å². The van der Waals surface area contributed by atoms with Gasteiger partial charge in [0.25, 0.3) is 5.92 Å². The maximum absolute atomic E-state index is 12.8. The summed E-state index contributed by atoms with van der Waals surface area (Å²) in [6.07, 6.45) is -6.42. The molecule has 0 aliphatic carbocycles. The molecule has 1 amide bonds. The summed E-state index contributed by atoms with van der Waals surface area (Å²) in [5.41, 5.74) is 4.71. The first-order valence-corrected chi connectivity index (χ1v) is 4.26. The fraction of sp³-hybridized carbons (Fsp3) is 0.714. The van der Waals surface area contributed by atoms with Crippen molar-refractivity contribution < 1.29 is 36.4 Å². The normalized spacial score (nSPS) is 24.6. The third-order valence-electron chi connectivity index (χ3n) is 1.99. The SMILES string of the molecule is NC(=O)[C@@H]1CC(F)(F)CN1OC(=O)C(F)(F)F. The Morgan fingerprint density at radius 2 is 1.88 bits per heavy atom. The second-order valence-electron chi connectivity index (χ2n) is 3.43. The highest BCUT2D eigenvalue weighted by atomic mass is 19.4. The molecule has 0 aromatic carbocycles. The molecule has 1 aliphatic heterocycles. The van der Waals surface area contributed by atoms with Gasteiger partial charge in [-0.1, -0.05) is 0 Å². The summed E-state index contributed by atoms with van der Waals surface area (Å²) in [5, 5.41) is -0.0435. The minimum atomic E-state index is -5.33. The Morgan fingerprint density at radius 3 is 2.29 bits per heavy atom. The highest BCUT2D eigenvalue weighted by Crippen LogP contribution is 2.33. The lowest BCUT2D eigenvalue weighted by Crippen LogP contribution is -2.43. The standard InChI is InChI=1S/C7H7F5N2O3/c8-6(9)1-3(4(13)15)14(2-6)17-5(16)7(10,11)12/h3H,1-2H2,(H2,13,15)/t3-/m0/s1. The van der Waals surface area contributed by atoms with E-state index in [4.69, 9.17) is 5.73 Å². The molecule has 0 aromatic rings. The molecule has 1 atom stereocenters. The molecule has 0 radical (unpaired) electrons. The summed E-state index contributed by atoms with van der Waals surface area (Å²) in [6, 6.07) is -1.77. The smallest absolute Gasteiger partial charge is 0.368 e. The maximum atomic E-state index is 12.8. The number of hydrogen-bond donors (Lipinski definition) is 1. The highest BCUT2D eigenvalue weighted by molar-refractivity contribution is 5.81. The third-order valence-corrected chi connectivity index (χ3v) is 1.99. The number of hydrogen-bond acceptors (Lipinski definition) is 4. The number of carbonyl (C=O) groups excluding carboxylic acids is 2. The van der Waals surface area contributed by atoms with E-state index in [0.29, 0.717) is 0 Å². The molecular formula is C7H7F5N2O3. The van der Waals surface area contributed by atoms with E-state index in [9.17, 15) is 31.5 Å². The van der Waals surface area contributed by atoms with E-state index >= 15 is 0 Å². The largest absolute Gasteiger partial charge is 0.492 e. The molecule has 0 unspecified atom stereocenters. The van der Waals surface area contributed by atoms with Crippen LogP contribution in [0.25, 0.3) is 0 Å². The summed E-state index contributed by atoms with van der Waals surface area (Å²) in [7, 11) is 0. The van der Waals surface area contributed by atoms with Gasteiger partial charge in [-0.15, -0.1) is 5.06 Å². The quantitative estimate of drug-likeness (QED) is 0.721. The molecule has 1 fully saturated rings. The summed E-state index contributed by atoms with van der Waals surface area (Å²) in [6.45, 7) is -1.30. The molecule has 5 nitrogen and oxygen atoms in total. The fourth-order valence-electron chi connectivity index (χ4n) is 1.28. The van der Waals surface area contributed by atoms with Crippen molar-refractivity contribution in [3.05, 3.63) is 0 Å². The van der Waals surface area contributed by atoms with Crippen LogP contribution in [0.15, 0.2) is 0 Å². The van der Waals surface area contributed by atoms with Crippen molar-refractivity contribution in [2.45, 2.75) is 24.6 Å². The summed E-state index contributed by atoms with van der Waals surface area (Å²) in [4.78, 5) is 24.8. The van der Waals surface area contributed by atoms with E-state index in [0.717, 1.165) is 0 Å². The average Bonchev–Trinajstić information content (AvgIpc) is 2.39. The Kier molecular flexibility index (Phi) is 3.28. The molecule has 1 rings (SSSR count). The van der Waals surface area contributed by atoms with Crippen molar-refractivity contribution in [1.82, 2.24) is 5.06 Å². The lowest BCUT2D eigenvalue weighted by molar-refractivity contribution is -0.242. The van der Waals surface area contributed by atoms with Gasteiger partial charge in [0.15, 0.2) is 0 Å². The van der Waals surface area contributed by atoms with E-state index in [1.54, 1.807) is 0 Å². The van der Waals surface area contributed by atoms with Gasteiger partial charge in [0, 0.05) is 6.42 Å². The number of amides is 1. The summed E-state index contributed by atoms with van der Waals surface area (Å²) >= 11 is 0. The van der Waals surface area contributed by atoms with Gasteiger partial charge in [-0.2, -0.15) is 13.2 Å². The number of primary amides is 1. The third kappa shape index (κ3) is 3.25. The van der Waals surface area contributed by atoms with Crippen LogP contribution in [0.5, 0.6) is 0 Å². The van der Waals surface area contributed by atoms with Crippen LogP contribution in [-0.2, 0) is 14.4 Å². The monoisotopic (exact) mass is 262 g/mol. The van der Waals surface area contributed by atoms with E-state index in [1.807, 2.05) is 0 Å². The molecule has 10 heteroatoms. The van der Waals surface area contributed by atoms with Crippen LogP contribution in [0.2, 0.25) is 0 Å². The zero-order valence-electron chi connectivity index (χ0n) is 8.13. The van der Waals surface area contributed by atoms with Crippen molar-refractivity contribution in [3.8, 4) is 0 Å². The number of carbonyl (C=O) groups is 2. The fourth-order valence-corrected chi connectivity index (χ4v) is 1.28.